The van der Waals surface area contributed by atoms with Crippen molar-refractivity contribution >= 4 is 17.4 Å². The number of halogens is 2. The molecule has 0 fully saturated rings. The lowest BCUT2D eigenvalue weighted by Crippen LogP contribution is -2.46. The van der Waals surface area contributed by atoms with E-state index in [0.29, 0.717) is 18.5 Å². The fraction of sp³-hybridized carbons (Fsp3) is 0.500. The number of allylic oxidation sites excluding steroid dienone is 3. The molecule has 0 radical (unpaired) electrons. The number of aromatic nitrogens is 1. The quantitative estimate of drug-likeness (QED) is 0.187. The molecule has 9 heteroatoms. The van der Waals surface area contributed by atoms with Gasteiger partial charge in [-0.1, -0.05) is 49.5 Å². The molecule has 3 rings (SSSR count). The number of hydrogen-bond donors (Lipinski definition) is 1. The highest BCUT2D eigenvalue weighted by Gasteiger charge is 2.31. The van der Waals surface area contributed by atoms with Crippen molar-refractivity contribution in [2.75, 3.05) is 27.2 Å². The fourth-order valence-corrected chi connectivity index (χ4v) is 6.06. The minimum atomic E-state index is -3.00. The zero-order valence-corrected chi connectivity index (χ0v) is 29.2. The van der Waals surface area contributed by atoms with E-state index in [1.54, 1.807) is 6.92 Å². The van der Waals surface area contributed by atoms with Crippen LogP contribution in [0.2, 0.25) is 0 Å². The van der Waals surface area contributed by atoms with Crippen LogP contribution >= 0.6 is 0 Å². The third kappa shape index (κ3) is 10.2. The normalized spacial score (nSPS) is 15.8. The van der Waals surface area contributed by atoms with Crippen molar-refractivity contribution in [1.82, 2.24) is 14.8 Å². The lowest BCUT2D eigenvalue weighted by Gasteiger charge is -2.28. The number of nitrogens with zero attached hydrogens (tertiary/aromatic N) is 2. The van der Waals surface area contributed by atoms with E-state index in [-0.39, 0.29) is 25.4 Å². The zero-order chi connectivity index (χ0) is 35.0. The summed E-state index contributed by atoms with van der Waals surface area (Å²) in [6, 6.07) is 3.55. The molecule has 1 amide bonds. The molecule has 0 saturated carbocycles. The Morgan fingerprint density at radius 2 is 1.74 bits per heavy atom. The molecule has 1 N–H and O–H groups in total. The van der Waals surface area contributed by atoms with Crippen LogP contribution in [-0.4, -0.2) is 54.6 Å². The van der Waals surface area contributed by atoms with Gasteiger partial charge in [0.25, 0.3) is 12.0 Å². The van der Waals surface area contributed by atoms with Crippen LogP contribution in [0, 0.1) is 44.4 Å². The number of ether oxygens (including phenoxy) is 1. The van der Waals surface area contributed by atoms with Crippen LogP contribution in [0.5, 0.6) is 0 Å². The van der Waals surface area contributed by atoms with Gasteiger partial charge in [-0.2, -0.15) is 0 Å². The number of pyridine rings is 1. The molecular formula is C38H49F2N3O4. The SMILES string of the molecule is CCOC(=O)C[C@H](NC(=O)C(CC(C)C)n1cc(CCN(C)C)cc(C(F)F)c1=O)C1C#CC(C)=CC(c2c(C)cc(C)cc2C)=C1. The summed E-state index contributed by atoms with van der Waals surface area (Å²) in [5.74, 6) is 4.71. The second kappa shape index (κ2) is 16.7. The van der Waals surface area contributed by atoms with Crippen molar-refractivity contribution in [3.8, 4) is 11.8 Å². The Morgan fingerprint density at radius 1 is 1.09 bits per heavy atom. The molecule has 0 aliphatic heterocycles. The number of alkyl halides is 2. The highest BCUT2D eigenvalue weighted by molar-refractivity contribution is 5.83. The van der Waals surface area contributed by atoms with Crippen molar-refractivity contribution in [2.45, 2.75) is 86.2 Å². The van der Waals surface area contributed by atoms with Crippen LogP contribution in [-0.2, 0) is 20.7 Å². The summed E-state index contributed by atoms with van der Waals surface area (Å²) in [4.78, 5) is 42.5. The zero-order valence-electron chi connectivity index (χ0n) is 29.2. The predicted molar refractivity (Wildman–Crippen MR) is 183 cm³/mol. The van der Waals surface area contributed by atoms with E-state index >= 15 is 0 Å². The summed E-state index contributed by atoms with van der Waals surface area (Å²) >= 11 is 0. The molecular weight excluding hydrogens is 600 g/mol. The van der Waals surface area contributed by atoms with Crippen LogP contribution < -0.4 is 10.9 Å². The van der Waals surface area contributed by atoms with E-state index < -0.39 is 47.4 Å². The standard InChI is InChI=1S/C38H49F2N3O4/c1-10-47-34(44)21-32(29-12-11-24(4)18-30(20-29)35-26(6)16-25(5)17-27(35)7)41-37(45)33(15-23(2)3)43-22-28(13-14-42(8)9)19-31(36(39)40)38(43)46/h16-20,22-23,29,32-33,36H,10,13-15,21H2,1-9H3,(H,41,45)/t29?,32-,33?/m0/s1. The third-order valence-corrected chi connectivity index (χ3v) is 8.13. The lowest BCUT2D eigenvalue weighted by atomic mass is 9.88. The molecule has 7 nitrogen and oxygen atoms in total. The topological polar surface area (TPSA) is 80.6 Å². The second-order valence-corrected chi connectivity index (χ2v) is 13.2. The number of hydrogen-bond acceptors (Lipinski definition) is 5. The number of amides is 1. The van der Waals surface area contributed by atoms with Crippen LogP contribution in [0.15, 0.2) is 46.9 Å². The molecule has 2 unspecified atom stereocenters. The summed E-state index contributed by atoms with van der Waals surface area (Å²) in [5.41, 5.74) is 5.10. The van der Waals surface area contributed by atoms with Crippen LogP contribution in [0.1, 0.15) is 86.4 Å². The smallest absolute Gasteiger partial charge is 0.307 e. The van der Waals surface area contributed by atoms with E-state index in [1.807, 2.05) is 72.7 Å². The highest BCUT2D eigenvalue weighted by Crippen LogP contribution is 2.30. The molecule has 0 bridgehead atoms. The van der Waals surface area contributed by atoms with E-state index in [4.69, 9.17) is 4.74 Å². The van der Waals surface area contributed by atoms with Gasteiger partial charge in [0.1, 0.15) is 6.04 Å². The Labute approximate surface area is 278 Å². The first-order valence-corrected chi connectivity index (χ1v) is 16.2. The van der Waals surface area contributed by atoms with Gasteiger partial charge < -0.3 is 19.5 Å². The van der Waals surface area contributed by atoms with Crippen molar-refractivity contribution in [3.63, 3.8) is 0 Å². The largest absolute Gasteiger partial charge is 0.466 e. The van der Waals surface area contributed by atoms with Gasteiger partial charge in [0.2, 0.25) is 5.91 Å². The lowest BCUT2D eigenvalue weighted by molar-refractivity contribution is -0.144. The molecule has 1 aromatic heterocycles. The van der Waals surface area contributed by atoms with Gasteiger partial charge in [-0.05, 0) is 113 Å². The van der Waals surface area contributed by atoms with Gasteiger partial charge in [0, 0.05) is 12.7 Å². The summed E-state index contributed by atoms with van der Waals surface area (Å²) in [6.07, 6.45) is 2.97. The van der Waals surface area contributed by atoms with Gasteiger partial charge in [-0.3, -0.25) is 14.4 Å². The Bertz CT molecular complexity index is 1620. The Kier molecular flexibility index (Phi) is 13.3. The summed E-state index contributed by atoms with van der Waals surface area (Å²) < 4.78 is 34.6. The van der Waals surface area contributed by atoms with E-state index in [1.165, 1.54) is 12.3 Å². The average Bonchev–Trinajstić information content (AvgIpc) is 3.15. The van der Waals surface area contributed by atoms with E-state index in [9.17, 15) is 23.2 Å². The maximum absolute atomic E-state index is 14.2. The molecule has 1 aliphatic rings. The minimum Gasteiger partial charge on any atom is -0.466 e. The number of esters is 1. The van der Waals surface area contributed by atoms with E-state index in [2.05, 4.69) is 29.3 Å². The fourth-order valence-electron chi connectivity index (χ4n) is 6.06. The number of likely N-dealkylation sites (N-methyl/N-ethyl adjacent to an activating group) is 1. The third-order valence-electron chi connectivity index (χ3n) is 8.13. The highest BCUT2D eigenvalue weighted by atomic mass is 19.3. The maximum Gasteiger partial charge on any atom is 0.307 e. The van der Waals surface area contributed by atoms with Gasteiger partial charge in [-0.25, -0.2) is 8.78 Å². The summed E-state index contributed by atoms with van der Waals surface area (Å²) in [6.45, 7) is 14.3. The predicted octanol–water partition coefficient (Wildman–Crippen LogP) is 6.50. The van der Waals surface area contributed by atoms with E-state index in [0.717, 1.165) is 38.0 Å². The first-order chi connectivity index (χ1) is 22.1. The Hall–Kier alpha value is -4.03. The first kappa shape index (κ1) is 37.4. The Morgan fingerprint density at radius 3 is 2.32 bits per heavy atom. The van der Waals surface area contributed by atoms with Gasteiger partial charge in [0.15, 0.2) is 0 Å². The van der Waals surface area contributed by atoms with Crippen LogP contribution in [0.4, 0.5) is 8.78 Å². The molecule has 3 atom stereocenters. The molecule has 0 saturated heterocycles. The number of benzene rings is 1. The number of rotatable bonds is 14. The van der Waals surface area contributed by atoms with Crippen molar-refractivity contribution < 1.29 is 23.1 Å². The molecule has 47 heavy (non-hydrogen) atoms. The van der Waals surface area contributed by atoms with Crippen LogP contribution in [0.3, 0.4) is 0 Å². The molecule has 254 valence electrons. The molecule has 2 aromatic rings. The molecule has 1 heterocycles. The maximum atomic E-state index is 14.2. The average molecular weight is 650 g/mol. The van der Waals surface area contributed by atoms with Crippen molar-refractivity contribution in [3.05, 3.63) is 85.9 Å². The van der Waals surface area contributed by atoms with Crippen molar-refractivity contribution in [2.24, 2.45) is 11.8 Å². The first-order valence-electron chi connectivity index (χ1n) is 16.2. The second-order valence-electron chi connectivity index (χ2n) is 13.2. The molecule has 1 aliphatic carbocycles. The number of carbonyl (C=O) groups excluding carboxylic acids is 2. The van der Waals surface area contributed by atoms with Gasteiger partial charge in [-0.15, -0.1) is 0 Å². The summed E-state index contributed by atoms with van der Waals surface area (Å²) in [5, 5.41) is 3.01. The summed E-state index contributed by atoms with van der Waals surface area (Å²) in [7, 11) is 3.74. The van der Waals surface area contributed by atoms with Gasteiger partial charge >= 0.3 is 5.97 Å². The Balaban J connectivity index is 2.13. The monoisotopic (exact) mass is 649 g/mol. The van der Waals surface area contributed by atoms with Gasteiger partial charge in [0.05, 0.1) is 30.6 Å². The van der Waals surface area contributed by atoms with Crippen LogP contribution in [0.25, 0.3) is 5.57 Å². The van der Waals surface area contributed by atoms with Crippen molar-refractivity contribution in [1.29, 1.82) is 0 Å². The number of nitrogens with one attached hydrogen (secondary N) is 1. The number of carbonyl (C=O) groups is 2. The minimum absolute atomic E-state index is 0.0508. The molecule has 0 spiro atoms. The molecule has 1 aromatic carbocycles. The number of aryl methyl sites for hydroxylation is 3.